The minimum Gasteiger partial charge on any atom is -0.357 e. The number of aryl methyl sites for hydroxylation is 1. The Hall–Kier alpha value is -2.41. The molecule has 0 aromatic heterocycles. The molecule has 0 saturated heterocycles. The third kappa shape index (κ3) is 5.84. The van der Waals surface area contributed by atoms with Gasteiger partial charge < -0.3 is 10.6 Å². The van der Waals surface area contributed by atoms with Crippen LogP contribution in [0.2, 0.25) is 0 Å². The molecule has 0 spiro atoms. The lowest BCUT2D eigenvalue weighted by molar-refractivity contribution is 0.566. The zero-order valence-electron chi connectivity index (χ0n) is 15.0. The Morgan fingerprint density at radius 2 is 1.77 bits per heavy atom. The fourth-order valence-electron chi connectivity index (χ4n) is 2.32. The normalized spacial score (nSPS) is 12.0. The van der Waals surface area contributed by atoms with Gasteiger partial charge in [-0.3, -0.25) is 0 Å². The maximum absolute atomic E-state index is 13.7. The zero-order chi connectivity index (χ0) is 19.0. The van der Waals surface area contributed by atoms with Crippen LogP contribution in [-0.4, -0.2) is 33.2 Å². The Bertz CT molecular complexity index is 849. The highest BCUT2D eigenvalue weighted by molar-refractivity contribution is 7.91. The van der Waals surface area contributed by atoms with Crippen molar-refractivity contribution in [3.63, 3.8) is 0 Å². The van der Waals surface area contributed by atoms with Crippen LogP contribution in [0.15, 0.2) is 58.4 Å². The SMILES string of the molecule is CCNC(=NCc1ccc(C)cc1)NCCS(=O)(=O)c1ccccc1F. The summed E-state index contributed by atoms with van der Waals surface area (Å²) < 4.78 is 38.2. The number of aliphatic imine (C=N–C) groups is 1. The number of benzene rings is 2. The van der Waals surface area contributed by atoms with Crippen LogP contribution in [0.25, 0.3) is 0 Å². The molecule has 0 amide bonds. The molecule has 0 aliphatic rings. The second-order valence-electron chi connectivity index (χ2n) is 5.86. The molecule has 2 aromatic carbocycles. The van der Waals surface area contributed by atoms with Crippen molar-refractivity contribution in [2.75, 3.05) is 18.8 Å². The number of nitrogens with zero attached hydrogens (tertiary/aromatic N) is 1. The molecule has 0 aliphatic carbocycles. The van der Waals surface area contributed by atoms with Gasteiger partial charge in [0, 0.05) is 13.1 Å². The van der Waals surface area contributed by atoms with Crippen molar-refractivity contribution in [1.82, 2.24) is 10.6 Å². The summed E-state index contributed by atoms with van der Waals surface area (Å²) in [6.45, 7) is 5.22. The van der Waals surface area contributed by atoms with Crippen molar-refractivity contribution in [3.8, 4) is 0 Å². The molecule has 0 fully saturated rings. The van der Waals surface area contributed by atoms with Crippen molar-refractivity contribution in [1.29, 1.82) is 0 Å². The number of sulfone groups is 1. The Morgan fingerprint density at radius 1 is 1.08 bits per heavy atom. The number of rotatable bonds is 7. The third-order valence-corrected chi connectivity index (χ3v) is 5.46. The van der Waals surface area contributed by atoms with Gasteiger partial charge in [0.2, 0.25) is 0 Å². The molecule has 0 aliphatic heterocycles. The third-order valence-electron chi connectivity index (χ3n) is 3.72. The lowest BCUT2D eigenvalue weighted by Gasteiger charge is -2.12. The molecule has 5 nitrogen and oxygen atoms in total. The zero-order valence-corrected chi connectivity index (χ0v) is 15.8. The minimum absolute atomic E-state index is 0.135. The van der Waals surface area contributed by atoms with E-state index in [-0.39, 0.29) is 17.2 Å². The number of halogens is 1. The van der Waals surface area contributed by atoms with Crippen LogP contribution in [0.1, 0.15) is 18.1 Å². The highest BCUT2D eigenvalue weighted by Crippen LogP contribution is 2.14. The van der Waals surface area contributed by atoms with E-state index in [2.05, 4.69) is 15.6 Å². The Balaban J connectivity index is 1.96. The van der Waals surface area contributed by atoms with Crippen molar-refractivity contribution in [2.45, 2.75) is 25.3 Å². The number of nitrogens with one attached hydrogen (secondary N) is 2. The quantitative estimate of drug-likeness (QED) is 0.575. The molecule has 0 bridgehead atoms. The van der Waals surface area contributed by atoms with Gasteiger partial charge >= 0.3 is 0 Å². The molecular weight excluding hydrogens is 353 g/mol. The van der Waals surface area contributed by atoms with Crippen LogP contribution < -0.4 is 10.6 Å². The molecule has 2 aromatic rings. The fourth-order valence-corrected chi connectivity index (χ4v) is 3.56. The predicted molar refractivity (Wildman–Crippen MR) is 102 cm³/mol. The van der Waals surface area contributed by atoms with Gasteiger partial charge in [0.15, 0.2) is 15.8 Å². The van der Waals surface area contributed by atoms with Gasteiger partial charge in [-0.25, -0.2) is 17.8 Å². The van der Waals surface area contributed by atoms with Crippen LogP contribution in [0, 0.1) is 12.7 Å². The Labute approximate surface area is 154 Å². The summed E-state index contributed by atoms with van der Waals surface area (Å²) in [5, 5.41) is 6.06. The molecule has 2 N–H and O–H groups in total. The first-order valence-corrected chi connectivity index (χ1v) is 10.1. The van der Waals surface area contributed by atoms with E-state index in [4.69, 9.17) is 0 Å². The highest BCUT2D eigenvalue weighted by atomic mass is 32.2. The Kier molecular flexibility index (Phi) is 7.15. The van der Waals surface area contributed by atoms with E-state index in [1.807, 2.05) is 38.1 Å². The monoisotopic (exact) mass is 377 g/mol. The number of hydrogen-bond acceptors (Lipinski definition) is 3. The molecular formula is C19H24FN3O2S. The van der Waals surface area contributed by atoms with Crippen molar-refractivity contribution in [3.05, 3.63) is 65.5 Å². The van der Waals surface area contributed by atoms with Crippen molar-refractivity contribution >= 4 is 15.8 Å². The molecule has 0 atom stereocenters. The van der Waals surface area contributed by atoms with E-state index < -0.39 is 15.7 Å². The maximum Gasteiger partial charge on any atom is 0.191 e. The lowest BCUT2D eigenvalue weighted by Crippen LogP contribution is -2.39. The first-order chi connectivity index (χ1) is 12.4. The van der Waals surface area contributed by atoms with Crippen molar-refractivity contribution < 1.29 is 12.8 Å². The lowest BCUT2D eigenvalue weighted by atomic mass is 10.1. The average Bonchev–Trinajstić information content (AvgIpc) is 2.61. The second-order valence-corrected chi connectivity index (χ2v) is 7.93. The van der Waals surface area contributed by atoms with Gasteiger partial charge in [-0.2, -0.15) is 0 Å². The molecule has 0 radical (unpaired) electrons. The van der Waals surface area contributed by atoms with Gasteiger partial charge in [-0.15, -0.1) is 0 Å². The highest BCUT2D eigenvalue weighted by Gasteiger charge is 2.18. The topological polar surface area (TPSA) is 70.6 Å². The van der Waals surface area contributed by atoms with E-state index in [0.717, 1.165) is 11.6 Å². The summed E-state index contributed by atoms with van der Waals surface area (Å²) in [5.74, 6) is -0.424. The van der Waals surface area contributed by atoms with Crippen LogP contribution in [0.3, 0.4) is 0 Å². The summed E-state index contributed by atoms with van der Waals surface area (Å²) in [7, 11) is -3.69. The Morgan fingerprint density at radius 3 is 2.42 bits per heavy atom. The van der Waals surface area contributed by atoms with E-state index in [1.165, 1.54) is 23.8 Å². The number of hydrogen-bond donors (Lipinski definition) is 2. The largest absolute Gasteiger partial charge is 0.357 e. The van der Waals surface area contributed by atoms with E-state index in [1.54, 1.807) is 0 Å². The summed E-state index contributed by atoms with van der Waals surface area (Å²) in [4.78, 5) is 4.17. The first-order valence-electron chi connectivity index (χ1n) is 8.47. The smallest absolute Gasteiger partial charge is 0.191 e. The average molecular weight is 377 g/mol. The molecule has 0 heterocycles. The van der Waals surface area contributed by atoms with Gasteiger partial charge in [-0.1, -0.05) is 42.0 Å². The molecule has 0 unspecified atom stereocenters. The van der Waals surface area contributed by atoms with Crippen LogP contribution in [-0.2, 0) is 16.4 Å². The van der Waals surface area contributed by atoms with Gasteiger partial charge in [0.1, 0.15) is 10.7 Å². The van der Waals surface area contributed by atoms with Crippen LogP contribution >= 0.6 is 0 Å². The van der Waals surface area contributed by atoms with E-state index >= 15 is 0 Å². The van der Waals surface area contributed by atoms with Crippen LogP contribution in [0.4, 0.5) is 4.39 Å². The molecule has 7 heteroatoms. The van der Waals surface area contributed by atoms with E-state index in [9.17, 15) is 12.8 Å². The summed E-state index contributed by atoms with van der Waals surface area (Å²) in [6.07, 6.45) is 0. The standard InChI is InChI=1S/C19H24FN3O2S/c1-3-21-19(23-14-16-10-8-15(2)9-11-16)22-12-13-26(24,25)18-7-5-4-6-17(18)20/h4-11H,3,12-14H2,1-2H3,(H2,21,22,23). The molecule has 26 heavy (non-hydrogen) atoms. The second kappa shape index (κ2) is 9.33. The predicted octanol–water partition coefficient (Wildman–Crippen LogP) is 2.66. The summed E-state index contributed by atoms with van der Waals surface area (Å²) in [5.41, 5.74) is 2.24. The van der Waals surface area contributed by atoms with Gasteiger partial charge in [0.05, 0.1) is 12.3 Å². The van der Waals surface area contributed by atoms with E-state index in [0.29, 0.717) is 19.0 Å². The molecule has 0 saturated carbocycles. The van der Waals surface area contributed by atoms with Crippen LogP contribution in [0.5, 0.6) is 0 Å². The first kappa shape index (κ1) is 19.9. The minimum atomic E-state index is -3.69. The summed E-state index contributed by atoms with van der Waals surface area (Å²) >= 11 is 0. The molecule has 140 valence electrons. The van der Waals surface area contributed by atoms with Gasteiger partial charge in [-0.05, 0) is 31.5 Å². The molecule has 2 rings (SSSR count). The van der Waals surface area contributed by atoms with Gasteiger partial charge in [0.25, 0.3) is 0 Å². The number of guanidine groups is 1. The van der Waals surface area contributed by atoms with Crippen molar-refractivity contribution in [2.24, 2.45) is 4.99 Å². The fraction of sp³-hybridized carbons (Fsp3) is 0.316. The summed E-state index contributed by atoms with van der Waals surface area (Å²) in [6, 6.07) is 13.5. The maximum atomic E-state index is 13.7.